The Morgan fingerprint density at radius 2 is 2.08 bits per heavy atom. The Morgan fingerprint density at radius 3 is 2.62 bits per heavy atom. The third-order valence-electron chi connectivity index (χ3n) is 1.54. The fourth-order valence-electron chi connectivity index (χ4n) is 0.793. The number of rotatable bonds is 7. The van der Waals surface area contributed by atoms with Crippen LogP contribution in [0.4, 0.5) is 8.78 Å². The lowest BCUT2D eigenvalue weighted by atomic mass is 10.2. The van der Waals surface area contributed by atoms with E-state index in [9.17, 15) is 8.78 Å². The number of hydrogen-bond acceptors (Lipinski definition) is 3. The topological polar surface area (TPSA) is 56.0 Å². The minimum atomic E-state index is -2.69. The van der Waals surface area contributed by atoms with Gasteiger partial charge < -0.3 is 10.4 Å². The lowest BCUT2D eigenvalue weighted by Gasteiger charge is -2.09. The molecule has 2 N–H and O–H groups in total. The molecule has 0 aromatic carbocycles. The molecule has 0 rings (SSSR count). The molecule has 0 aliphatic heterocycles. The predicted molar refractivity (Wildman–Crippen MR) is 44.3 cm³/mol. The summed E-state index contributed by atoms with van der Waals surface area (Å²) in [7, 11) is 0. The van der Waals surface area contributed by atoms with Crippen LogP contribution in [0.3, 0.4) is 0 Å². The summed E-state index contributed by atoms with van der Waals surface area (Å²) in [6, 6.07) is 1.99. The van der Waals surface area contributed by atoms with E-state index in [-0.39, 0.29) is 6.54 Å². The molecule has 76 valence electrons. The molecule has 0 aromatic rings. The van der Waals surface area contributed by atoms with Crippen molar-refractivity contribution in [1.29, 1.82) is 5.26 Å². The Labute approximate surface area is 76.4 Å². The van der Waals surface area contributed by atoms with Gasteiger partial charge in [-0.1, -0.05) is 0 Å². The Bertz CT molecular complexity index is 159. The monoisotopic (exact) mass is 192 g/mol. The van der Waals surface area contributed by atoms with Crippen LogP contribution in [0.15, 0.2) is 0 Å². The van der Waals surface area contributed by atoms with Crippen LogP contribution in [0.25, 0.3) is 0 Å². The number of alkyl halides is 2. The number of aliphatic hydroxyl groups is 1. The zero-order valence-corrected chi connectivity index (χ0v) is 7.34. The summed E-state index contributed by atoms with van der Waals surface area (Å²) in [5.41, 5.74) is 0. The first-order chi connectivity index (χ1) is 6.18. The molecular weight excluding hydrogens is 178 g/mol. The highest BCUT2D eigenvalue weighted by Crippen LogP contribution is 1.98. The van der Waals surface area contributed by atoms with Gasteiger partial charge in [-0.2, -0.15) is 5.26 Å². The average molecular weight is 192 g/mol. The van der Waals surface area contributed by atoms with Gasteiger partial charge in [0.15, 0.2) is 0 Å². The molecule has 3 nitrogen and oxygen atoms in total. The molecule has 0 radical (unpaired) electrons. The fraction of sp³-hybridized carbons (Fsp3) is 0.875. The highest BCUT2D eigenvalue weighted by Gasteiger charge is 2.15. The van der Waals surface area contributed by atoms with Gasteiger partial charge in [-0.3, -0.25) is 0 Å². The average Bonchev–Trinajstić information content (AvgIpc) is 2.10. The highest BCUT2D eigenvalue weighted by atomic mass is 19.3. The number of nitrogens with one attached hydrogen (secondary N) is 1. The molecule has 0 fully saturated rings. The van der Waals surface area contributed by atoms with Crippen LogP contribution in [0.5, 0.6) is 0 Å². The third kappa shape index (κ3) is 7.62. The van der Waals surface area contributed by atoms with Crippen molar-refractivity contribution >= 4 is 0 Å². The van der Waals surface area contributed by atoms with Crippen LogP contribution in [0.2, 0.25) is 0 Å². The minimum Gasteiger partial charge on any atom is -0.386 e. The molecule has 0 saturated carbocycles. The molecule has 0 saturated heterocycles. The summed E-state index contributed by atoms with van der Waals surface area (Å²) in [6.45, 7) is 0.468. The highest BCUT2D eigenvalue weighted by molar-refractivity contribution is 4.68. The Kier molecular flexibility index (Phi) is 7.45. The zero-order chi connectivity index (χ0) is 10.1. The first-order valence-electron chi connectivity index (χ1n) is 4.22. The summed E-state index contributed by atoms with van der Waals surface area (Å²) >= 11 is 0. The van der Waals surface area contributed by atoms with Crippen LogP contribution < -0.4 is 5.32 Å². The Morgan fingerprint density at radius 1 is 1.38 bits per heavy atom. The van der Waals surface area contributed by atoms with Gasteiger partial charge in [-0.15, -0.1) is 0 Å². The van der Waals surface area contributed by atoms with Crippen molar-refractivity contribution in [3.63, 3.8) is 0 Å². The van der Waals surface area contributed by atoms with E-state index in [1.54, 1.807) is 0 Å². The maximum absolute atomic E-state index is 11.7. The first kappa shape index (κ1) is 12.3. The summed E-state index contributed by atoms with van der Waals surface area (Å²) in [4.78, 5) is 0. The summed E-state index contributed by atoms with van der Waals surface area (Å²) in [5, 5.41) is 19.5. The third-order valence-corrected chi connectivity index (χ3v) is 1.54. The van der Waals surface area contributed by atoms with Gasteiger partial charge in [-0.05, 0) is 19.4 Å². The largest absolute Gasteiger partial charge is 0.386 e. The molecule has 1 atom stereocenters. The number of nitrogens with zero attached hydrogens (tertiary/aromatic N) is 1. The van der Waals surface area contributed by atoms with E-state index >= 15 is 0 Å². The smallest absolute Gasteiger partial charge is 0.265 e. The molecular formula is C8H14F2N2O. The molecule has 0 bridgehead atoms. The molecule has 1 unspecified atom stereocenters. The van der Waals surface area contributed by atoms with Gasteiger partial charge in [0, 0.05) is 13.0 Å². The van der Waals surface area contributed by atoms with E-state index < -0.39 is 12.5 Å². The van der Waals surface area contributed by atoms with Gasteiger partial charge in [-0.25, -0.2) is 8.78 Å². The van der Waals surface area contributed by atoms with E-state index in [2.05, 4.69) is 5.32 Å². The molecule has 5 heteroatoms. The van der Waals surface area contributed by atoms with Crippen LogP contribution in [0, 0.1) is 11.3 Å². The standard InChI is InChI=1S/C8H14F2N2O/c9-8(10)7(13)6-12-5-3-1-2-4-11/h7-8,12-13H,1-3,5-6H2. The van der Waals surface area contributed by atoms with Gasteiger partial charge in [0.05, 0.1) is 6.07 Å². The summed E-state index contributed by atoms with van der Waals surface area (Å²) < 4.78 is 23.5. The second-order valence-electron chi connectivity index (χ2n) is 2.72. The number of halogens is 2. The predicted octanol–water partition coefficient (Wildman–Crippen LogP) is 0.896. The number of hydrogen-bond donors (Lipinski definition) is 2. The van der Waals surface area contributed by atoms with E-state index in [4.69, 9.17) is 10.4 Å². The Balaban J connectivity index is 3.12. The second-order valence-corrected chi connectivity index (χ2v) is 2.72. The van der Waals surface area contributed by atoms with Crippen molar-refractivity contribution in [3.05, 3.63) is 0 Å². The van der Waals surface area contributed by atoms with Gasteiger partial charge in [0.2, 0.25) is 0 Å². The SMILES string of the molecule is N#CCCCCNCC(O)C(F)F. The first-order valence-corrected chi connectivity index (χ1v) is 4.22. The van der Waals surface area contributed by atoms with Crippen molar-refractivity contribution in [2.45, 2.75) is 31.8 Å². The van der Waals surface area contributed by atoms with Crippen molar-refractivity contribution in [1.82, 2.24) is 5.32 Å². The van der Waals surface area contributed by atoms with E-state index in [0.29, 0.717) is 13.0 Å². The molecule has 0 aromatic heterocycles. The molecule has 13 heavy (non-hydrogen) atoms. The maximum Gasteiger partial charge on any atom is 0.265 e. The van der Waals surface area contributed by atoms with Gasteiger partial charge >= 0.3 is 0 Å². The molecule has 0 spiro atoms. The minimum absolute atomic E-state index is 0.0930. The molecule has 0 aliphatic carbocycles. The van der Waals surface area contributed by atoms with Crippen LogP contribution in [-0.2, 0) is 0 Å². The molecule has 0 heterocycles. The van der Waals surface area contributed by atoms with Gasteiger partial charge in [0.25, 0.3) is 6.43 Å². The van der Waals surface area contributed by atoms with E-state index in [1.807, 2.05) is 6.07 Å². The van der Waals surface area contributed by atoms with Crippen molar-refractivity contribution in [2.75, 3.05) is 13.1 Å². The number of unbranched alkanes of at least 4 members (excludes halogenated alkanes) is 2. The normalized spacial score (nSPS) is 12.8. The van der Waals surface area contributed by atoms with E-state index in [1.165, 1.54) is 0 Å². The Hall–Kier alpha value is -0.730. The van der Waals surface area contributed by atoms with Crippen molar-refractivity contribution in [2.24, 2.45) is 0 Å². The van der Waals surface area contributed by atoms with Crippen molar-refractivity contribution < 1.29 is 13.9 Å². The quantitative estimate of drug-likeness (QED) is 0.589. The van der Waals surface area contributed by atoms with E-state index in [0.717, 1.165) is 12.8 Å². The number of aliphatic hydroxyl groups excluding tert-OH is 1. The lowest BCUT2D eigenvalue weighted by Crippen LogP contribution is -2.32. The number of nitriles is 1. The maximum atomic E-state index is 11.7. The summed E-state index contributed by atoms with van der Waals surface area (Å²) in [5.74, 6) is 0. The summed E-state index contributed by atoms with van der Waals surface area (Å²) in [6.07, 6.45) is -2.26. The van der Waals surface area contributed by atoms with Crippen molar-refractivity contribution in [3.8, 4) is 6.07 Å². The van der Waals surface area contributed by atoms with Crippen LogP contribution in [-0.4, -0.2) is 30.7 Å². The van der Waals surface area contributed by atoms with Crippen LogP contribution >= 0.6 is 0 Å². The van der Waals surface area contributed by atoms with Crippen LogP contribution in [0.1, 0.15) is 19.3 Å². The molecule has 0 amide bonds. The van der Waals surface area contributed by atoms with Gasteiger partial charge in [0.1, 0.15) is 6.10 Å². The zero-order valence-electron chi connectivity index (χ0n) is 7.34. The molecule has 0 aliphatic rings. The second kappa shape index (κ2) is 7.90. The fourth-order valence-corrected chi connectivity index (χ4v) is 0.793. The lowest BCUT2D eigenvalue weighted by molar-refractivity contribution is -0.00316.